The van der Waals surface area contributed by atoms with Crippen molar-refractivity contribution in [2.24, 2.45) is 11.3 Å². The zero-order valence-electron chi connectivity index (χ0n) is 28.7. The predicted octanol–water partition coefficient (Wildman–Crippen LogP) is 9.45. The van der Waals surface area contributed by atoms with Crippen molar-refractivity contribution in [3.05, 3.63) is 83.9 Å². The fraction of sp³-hybridized carbons (Fsp3) is 0.590. The molecule has 0 spiro atoms. The molecular weight excluding hydrogens is 593 g/mol. The highest BCUT2D eigenvalue weighted by atomic mass is 31.2. The molecule has 0 bridgehead atoms. The molecule has 1 unspecified atom stereocenters. The summed E-state index contributed by atoms with van der Waals surface area (Å²) < 4.78 is 22.8. The molecule has 2 aliphatic carbocycles. The molecule has 6 nitrogen and oxygen atoms in total. The van der Waals surface area contributed by atoms with Gasteiger partial charge >= 0.3 is 7.82 Å². The minimum absolute atomic E-state index is 0.194. The second-order valence-electron chi connectivity index (χ2n) is 14.5. The van der Waals surface area contributed by atoms with E-state index in [2.05, 4.69) is 60.7 Å². The lowest BCUT2D eigenvalue weighted by Crippen LogP contribution is -2.37. The van der Waals surface area contributed by atoms with Crippen LogP contribution in [0.15, 0.2) is 72.8 Å². The maximum atomic E-state index is 12.0. The summed E-state index contributed by atoms with van der Waals surface area (Å²) in [6, 6.07) is 21.5. The highest BCUT2D eigenvalue weighted by molar-refractivity contribution is 7.47. The van der Waals surface area contributed by atoms with Gasteiger partial charge in [-0.1, -0.05) is 124 Å². The zero-order valence-corrected chi connectivity index (χ0v) is 29.6. The van der Waals surface area contributed by atoms with Crippen LogP contribution in [0.25, 0.3) is 11.1 Å². The number of hydrogen-bond donors (Lipinski definition) is 2. The number of likely N-dealkylation sites (N-methyl/N-ethyl adjacent to an activating group) is 1. The van der Waals surface area contributed by atoms with Crippen molar-refractivity contribution in [2.45, 2.75) is 96.0 Å². The highest BCUT2D eigenvalue weighted by Crippen LogP contribution is 2.66. The molecule has 0 heterocycles. The summed E-state index contributed by atoms with van der Waals surface area (Å²) in [5.74, 6) is 0.205. The number of aliphatic hydroxyl groups is 1. The Hall–Kier alpha value is -2.05. The van der Waals surface area contributed by atoms with Gasteiger partial charge in [0.1, 0.15) is 13.2 Å². The molecule has 2 N–H and O–H groups in total. The van der Waals surface area contributed by atoms with Crippen LogP contribution >= 0.6 is 7.82 Å². The summed E-state index contributed by atoms with van der Waals surface area (Å²) in [5, 5.41) is 11.2. The maximum Gasteiger partial charge on any atom is 0.472 e. The van der Waals surface area contributed by atoms with Gasteiger partial charge in [-0.15, -0.1) is 0 Å². The maximum absolute atomic E-state index is 12.0. The number of allylic oxidation sites excluding steroid dienone is 3. The Bertz CT molecular complexity index is 1300. The molecular formula is C39H59NO5P+. The SMILES string of the molecule is C=C(c1ccccc1)[C@@]12CC[C@@H](O)[C@@H]1CC(CCCCCCCCCCCCOP(=O)(O)OCC[N+](C)(C)C)=C2c1ccccc1. The van der Waals surface area contributed by atoms with E-state index in [0.717, 1.165) is 44.9 Å². The predicted molar refractivity (Wildman–Crippen MR) is 190 cm³/mol. The van der Waals surface area contributed by atoms with Crippen molar-refractivity contribution >= 4 is 19.0 Å². The van der Waals surface area contributed by atoms with Gasteiger partial charge in [-0.05, 0) is 60.8 Å². The Morgan fingerprint density at radius 2 is 1.39 bits per heavy atom. The van der Waals surface area contributed by atoms with E-state index < -0.39 is 7.82 Å². The Labute approximate surface area is 278 Å². The summed E-state index contributed by atoms with van der Waals surface area (Å²) in [7, 11) is 2.10. The van der Waals surface area contributed by atoms with E-state index in [9.17, 15) is 14.6 Å². The largest absolute Gasteiger partial charge is 0.472 e. The number of fused-ring (bicyclic) bond motifs is 1. The lowest BCUT2D eigenvalue weighted by molar-refractivity contribution is -0.870. The summed E-state index contributed by atoms with van der Waals surface area (Å²) in [6.07, 6.45) is 15.1. The van der Waals surface area contributed by atoms with Crippen LogP contribution in [0.2, 0.25) is 0 Å². The Morgan fingerprint density at radius 3 is 2.00 bits per heavy atom. The van der Waals surface area contributed by atoms with E-state index in [1.54, 1.807) is 0 Å². The second-order valence-corrected chi connectivity index (χ2v) is 16.0. The van der Waals surface area contributed by atoms with Crippen LogP contribution < -0.4 is 0 Å². The van der Waals surface area contributed by atoms with Gasteiger partial charge in [0.2, 0.25) is 0 Å². The quantitative estimate of drug-likeness (QED) is 0.0798. The third kappa shape index (κ3) is 10.2. The average molecular weight is 653 g/mol. The molecule has 254 valence electrons. The fourth-order valence-electron chi connectivity index (χ4n) is 7.61. The molecule has 0 radical (unpaired) electrons. The molecule has 0 amide bonds. The summed E-state index contributed by atoms with van der Waals surface area (Å²) >= 11 is 0. The minimum atomic E-state index is -3.94. The van der Waals surface area contributed by atoms with Crippen LogP contribution in [-0.2, 0) is 13.6 Å². The van der Waals surface area contributed by atoms with Crippen molar-refractivity contribution in [3.8, 4) is 0 Å². The molecule has 0 aromatic heterocycles. The number of benzene rings is 2. The molecule has 46 heavy (non-hydrogen) atoms. The standard InChI is InChI=1S/C39H58NO5P/c1-32(33-21-16-13-17-22-33)39-27-26-37(41)36(39)31-35(38(39)34-23-18-14-19-24-34)25-15-11-9-7-5-6-8-10-12-20-29-44-46(42,43)45-30-28-40(2,3)4/h13-14,16-19,21-24,36-37,41H,1,5-12,15,20,25-31H2,2-4H3/p+1/t36-,37+,39-/m0/s1. The topological polar surface area (TPSA) is 76.0 Å². The lowest BCUT2D eigenvalue weighted by Gasteiger charge is -2.37. The van der Waals surface area contributed by atoms with Crippen molar-refractivity contribution in [1.29, 1.82) is 0 Å². The van der Waals surface area contributed by atoms with Crippen molar-refractivity contribution in [3.63, 3.8) is 0 Å². The van der Waals surface area contributed by atoms with Crippen LogP contribution in [0.4, 0.5) is 0 Å². The molecule has 4 atom stereocenters. The van der Waals surface area contributed by atoms with E-state index in [0.29, 0.717) is 11.0 Å². The minimum Gasteiger partial charge on any atom is -0.393 e. The van der Waals surface area contributed by atoms with Crippen LogP contribution in [-0.4, -0.2) is 61.5 Å². The smallest absolute Gasteiger partial charge is 0.393 e. The van der Waals surface area contributed by atoms with Crippen LogP contribution in [0.3, 0.4) is 0 Å². The van der Waals surface area contributed by atoms with Crippen molar-refractivity contribution in [1.82, 2.24) is 0 Å². The van der Waals surface area contributed by atoms with Gasteiger partial charge in [-0.3, -0.25) is 9.05 Å². The average Bonchev–Trinajstić information content (AvgIpc) is 3.53. The number of nitrogens with zero attached hydrogens (tertiary/aromatic N) is 1. The zero-order chi connectivity index (χ0) is 33.0. The molecule has 2 aliphatic rings. The second kappa shape index (κ2) is 17.4. The van der Waals surface area contributed by atoms with E-state index >= 15 is 0 Å². The third-order valence-corrected chi connectivity index (χ3v) is 11.1. The third-order valence-electron chi connectivity index (χ3n) is 10.1. The van der Waals surface area contributed by atoms with Crippen LogP contribution in [0.5, 0.6) is 0 Å². The van der Waals surface area contributed by atoms with Crippen molar-refractivity contribution in [2.75, 3.05) is 40.9 Å². The van der Waals surface area contributed by atoms with E-state index in [1.165, 1.54) is 72.8 Å². The van der Waals surface area contributed by atoms with Crippen LogP contribution in [0, 0.1) is 11.3 Å². The molecule has 0 saturated heterocycles. The summed E-state index contributed by atoms with van der Waals surface area (Å²) in [6.45, 7) is 5.82. The summed E-state index contributed by atoms with van der Waals surface area (Å²) in [5.41, 5.74) is 6.45. The lowest BCUT2D eigenvalue weighted by atomic mass is 9.66. The number of phosphoric acid groups is 1. The Kier molecular flexibility index (Phi) is 13.9. The number of phosphoric ester groups is 1. The fourth-order valence-corrected chi connectivity index (χ4v) is 8.36. The first kappa shape index (κ1) is 36.8. The van der Waals surface area contributed by atoms with E-state index in [4.69, 9.17) is 15.6 Å². The first-order valence-corrected chi connectivity index (χ1v) is 19.2. The van der Waals surface area contributed by atoms with Crippen LogP contribution in [0.1, 0.15) is 101 Å². The Morgan fingerprint density at radius 1 is 0.848 bits per heavy atom. The normalized spacial score (nSPS) is 22.6. The Balaban J connectivity index is 1.17. The van der Waals surface area contributed by atoms with Gasteiger partial charge in [0.15, 0.2) is 0 Å². The molecule has 1 fully saturated rings. The van der Waals surface area contributed by atoms with Crippen molar-refractivity contribution < 1.29 is 28.1 Å². The van der Waals surface area contributed by atoms with Gasteiger partial charge in [-0.25, -0.2) is 4.57 Å². The molecule has 2 aromatic carbocycles. The summed E-state index contributed by atoms with van der Waals surface area (Å²) in [4.78, 5) is 9.81. The first-order chi connectivity index (χ1) is 22.0. The first-order valence-electron chi connectivity index (χ1n) is 17.7. The number of hydrogen-bond acceptors (Lipinski definition) is 4. The number of aliphatic hydroxyl groups excluding tert-OH is 1. The molecule has 7 heteroatoms. The van der Waals surface area contributed by atoms with Gasteiger partial charge < -0.3 is 14.5 Å². The van der Waals surface area contributed by atoms with Gasteiger partial charge in [0, 0.05) is 11.3 Å². The molecule has 0 aliphatic heterocycles. The van der Waals surface area contributed by atoms with E-state index in [-0.39, 0.29) is 30.7 Å². The molecule has 1 saturated carbocycles. The van der Waals surface area contributed by atoms with Gasteiger partial charge in [0.05, 0.1) is 33.9 Å². The number of quaternary nitrogens is 1. The van der Waals surface area contributed by atoms with Gasteiger partial charge in [-0.2, -0.15) is 0 Å². The van der Waals surface area contributed by atoms with E-state index in [1.807, 2.05) is 21.1 Å². The molecule has 2 aromatic rings. The number of unbranched alkanes of at least 4 members (excludes halogenated alkanes) is 9. The molecule has 4 rings (SSSR count). The van der Waals surface area contributed by atoms with Gasteiger partial charge in [0.25, 0.3) is 0 Å². The highest BCUT2D eigenvalue weighted by Gasteiger charge is 2.56. The number of rotatable bonds is 21. The monoisotopic (exact) mass is 652 g/mol.